The van der Waals surface area contributed by atoms with Gasteiger partial charge in [0.1, 0.15) is 11.6 Å². The first kappa shape index (κ1) is 15.2. The Balaban J connectivity index is 1.77. The van der Waals surface area contributed by atoms with E-state index in [1.165, 1.54) is 0 Å². The third-order valence-electron chi connectivity index (χ3n) is 6.85. The summed E-state index contributed by atoms with van der Waals surface area (Å²) in [6.07, 6.45) is 7.01. The predicted molar refractivity (Wildman–Crippen MR) is 80.7 cm³/mol. The lowest BCUT2D eigenvalue weighted by molar-refractivity contribution is -0.134. The van der Waals surface area contributed by atoms with Gasteiger partial charge < -0.3 is 9.90 Å². The molecule has 0 aliphatic heterocycles. The Morgan fingerprint density at radius 1 is 1.33 bits per heavy atom. The summed E-state index contributed by atoms with van der Waals surface area (Å²) < 4.78 is 0. The number of aliphatic hydroxyl groups excluding tert-OH is 1. The highest BCUT2D eigenvalue weighted by atomic mass is 16.3. The number of rotatable bonds is 3. The second-order valence-corrected chi connectivity index (χ2v) is 8.01. The van der Waals surface area contributed by atoms with Crippen molar-refractivity contribution in [2.75, 3.05) is 0 Å². The lowest BCUT2D eigenvalue weighted by atomic mass is 9.54. The van der Waals surface area contributed by atoms with Crippen LogP contribution in [0, 0.1) is 29.1 Å². The van der Waals surface area contributed by atoms with Crippen molar-refractivity contribution in [2.24, 2.45) is 29.1 Å². The van der Waals surface area contributed by atoms with E-state index < -0.39 is 0 Å². The van der Waals surface area contributed by atoms with E-state index in [-0.39, 0.29) is 23.2 Å². The van der Waals surface area contributed by atoms with Gasteiger partial charge in [-0.15, -0.1) is 0 Å². The first-order valence-electron chi connectivity index (χ1n) is 8.62. The molecule has 3 aliphatic carbocycles. The first-order valence-corrected chi connectivity index (χ1v) is 8.62. The van der Waals surface area contributed by atoms with E-state index in [1.54, 1.807) is 6.92 Å². The van der Waals surface area contributed by atoms with Crippen LogP contribution in [0.4, 0.5) is 0 Å². The molecule has 0 aromatic heterocycles. The largest absolute Gasteiger partial charge is 0.393 e. The van der Waals surface area contributed by atoms with Crippen LogP contribution in [0.5, 0.6) is 0 Å². The van der Waals surface area contributed by atoms with E-state index in [0.717, 1.165) is 38.5 Å². The van der Waals surface area contributed by atoms with E-state index >= 15 is 0 Å². The van der Waals surface area contributed by atoms with Crippen LogP contribution in [-0.2, 0) is 9.59 Å². The molecule has 1 unspecified atom stereocenters. The minimum atomic E-state index is -0.156. The molecular formula is C18H28O3. The molecule has 0 aromatic rings. The molecule has 3 nitrogen and oxygen atoms in total. The monoisotopic (exact) mass is 292 g/mol. The molecule has 3 heteroatoms. The molecular weight excluding hydrogens is 264 g/mol. The molecule has 0 radical (unpaired) electrons. The van der Waals surface area contributed by atoms with Crippen molar-refractivity contribution >= 4 is 11.6 Å². The van der Waals surface area contributed by atoms with Gasteiger partial charge in [0, 0.05) is 18.8 Å². The molecule has 0 bridgehead atoms. The fraction of sp³-hybridized carbons (Fsp3) is 0.889. The lowest BCUT2D eigenvalue weighted by Crippen LogP contribution is -2.47. The fourth-order valence-corrected chi connectivity index (χ4v) is 5.51. The van der Waals surface area contributed by atoms with Gasteiger partial charge in [0.25, 0.3) is 0 Å². The number of hydrogen-bond donors (Lipinski definition) is 1. The van der Waals surface area contributed by atoms with Crippen LogP contribution >= 0.6 is 0 Å². The number of hydrogen-bond acceptors (Lipinski definition) is 3. The normalized spacial score (nSPS) is 46.0. The molecule has 3 saturated carbocycles. The van der Waals surface area contributed by atoms with Crippen molar-refractivity contribution in [3.05, 3.63) is 0 Å². The Kier molecular flexibility index (Phi) is 3.98. The van der Waals surface area contributed by atoms with Crippen molar-refractivity contribution in [1.29, 1.82) is 0 Å². The van der Waals surface area contributed by atoms with Crippen molar-refractivity contribution < 1.29 is 14.7 Å². The Bertz CT molecular complexity index is 444. The molecule has 0 amide bonds. The molecule has 21 heavy (non-hydrogen) atoms. The van der Waals surface area contributed by atoms with Gasteiger partial charge in [-0.2, -0.15) is 0 Å². The average Bonchev–Trinajstić information content (AvgIpc) is 2.71. The third-order valence-corrected chi connectivity index (χ3v) is 6.85. The van der Waals surface area contributed by atoms with Crippen LogP contribution in [0.15, 0.2) is 0 Å². The van der Waals surface area contributed by atoms with Gasteiger partial charge in [0.05, 0.1) is 6.10 Å². The highest BCUT2D eigenvalue weighted by Gasteiger charge is 2.54. The minimum absolute atomic E-state index is 0.0761. The van der Waals surface area contributed by atoms with Crippen molar-refractivity contribution in [3.8, 4) is 0 Å². The summed E-state index contributed by atoms with van der Waals surface area (Å²) in [6, 6.07) is 0. The topological polar surface area (TPSA) is 54.4 Å². The molecule has 0 spiro atoms. The number of fused-ring (bicyclic) bond motifs is 2. The van der Waals surface area contributed by atoms with Crippen molar-refractivity contribution in [2.45, 2.75) is 71.3 Å². The zero-order valence-electron chi connectivity index (χ0n) is 13.3. The van der Waals surface area contributed by atoms with Gasteiger partial charge in [-0.1, -0.05) is 6.92 Å². The summed E-state index contributed by atoms with van der Waals surface area (Å²) in [4.78, 5) is 23.6. The molecule has 3 fully saturated rings. The molecule has 118 valence electrons. The maximum absolute atomic E-state index is 12.3. The number of carbonyl (C=O) groups excluding carboxylic acids is 2. The summed E-state index contributed by atoms with van der Waals surface area (Å²) >= 11 is 0. The van der Waals surface area contributed by atoms with E-state index in [2.05, 4.69) is 6.92 Å². The zero-order valence-corrected chi connectivity index (χ0v) is 13.3. The molecule has 6 atom stereocenters. The molecule has 0 saturated heterocycles. The first-order chi connectivity index (χ1) is 9.91. The maximum atomic E-state index is 12.3. The van der Waals surface area contributed by atoms with Crippen LogP contribution in [-0.4, -0.2) is 22.8 Å². The number of carbonyl (C=O) groups is 2. The van der Waals surface area contributed by atoms with E-state index in [9.17, 15) is 14.7 Å². The highest BCUT2D eigenvalue weighted by Crippen LogP contribution is 2.59. The maximum Gasteiger partial charge on any atom is 0.136 e. The standard InChI is InChI=1S/C18H28O3/c1-11(19)3-6-14-15-9-13-5-8-17(21)18(13,2)10-12(15)4-7-16(14)20/h12-15,17,21H,3-10H2,1-2H3/t12-,13+,14?,15-,17+,18+/m1/s1. The van der Waals surface area contributed by atoms with Crippen molar-refractivity contribution in [1.82, 2.24) is 0 Å². The summed E-state index contributed by atoms with van der Waals surface area (Å²) in [6.45, 7) is 3.88. The lowest BCUT2D eigenvalue weighted by Gasteiger charge is -2.50. The second-order valence-electron chi connectivity index (χ2n) is 8.01. The van der Waals surface area contributed by atoms with E-state index in [1.807, 2.05) is 0 Å². The highest BCUT2D eigenvalue weighted by molar-refractivity contribution is 5.83. The van der Waals surface area contributed by atoms with Gasteiger partial charge in [-0.25, -0.2) is 0 Å². The Hall–Kier alpha value is -0.700. The third kappa shape index (κ3) is 2.58. The molecule has 3 rings (SSSR count). The number of aliphatic hydroxyl groups is 1. The quantitative estimate of drug-likeness (QED) is 0.869. The van der Waals surface area contributed by atoms with Gasteiger partial charge in [0.2, 0.25) is 0 Å². The molecule has 0 heterocycles. The van der Waals surface area contributed by atoms with E-state index in [4.69, 9.17) is 0 Å². The predicted octanol–water partition coefficient (Wildman–Crippen LogP) is 3.14. The SMILES string of the molecule is CC(=O)CCC1C(=O)CC[C@@H]2C[C@@]3(C)[C@@H](CC[C@@H]3O)C[C@@H]12. The molecule has 0 aromatic carbocycles. The number of Topliss-reactive ketones (excluding diaryl/α,β-unsaturated/α-hetero) is 2. The van der Waals surface area contributed by atoms with Crippen LogP contribution < -0.4 is 0 Å². The van der Waals surface area contributed by atoms with Crippen molar-refractivity contribution in [3.63, 3.8) is 0 Å². The number of ketones is 2. The van der Waals surface area contributed by atoms with Gasteiger partial charge >= 0.3 is 0 Å². The summed E-state index contributed by atoms with van der Waals surface area (Å²) in [5.41, 5.74) is 0.0761. The fourth-order valence-electron chi connectivity index (χ4n) is 5.51. The average molecular weight is 292 g/mol. The Morgan fingerprint density at radius 3 is 2.81 bits per heavy atom. The summed E-state index contributed by atoms with van der Waals surface area (Å²) in [5.74, 6) is 2.30. The Morgan fingerprint density at radius 2 is 2.10 bits per heavy atom. The second kappa shape index (κ2) is 5.49. The molecule has 1 N–H and O–H groups in total. The minimum Gasteiger partial charge on any atom is -0.393 e. The van der Waals surface area contributed by atoms with Gasteiger partial charge in [0.15, 0.2) is 0 Å². The smallest absolute Gasteiger partial charge is 0.136 e. The van der Waals surface area contributed by atoms with Crippen LogP contribution in [0.25, 0.3) is 0 Å². The van der Waals surface area contributed by atoms with Crippen LogP contribution in [0.3, 0.4) is 0 Å². The molecule has 3 aliphatic rings. The Labute approximate surface area is 127 Å². The van der Waals surface area contributed by atoms with Gasteiger partial charge in [-0.3, -0.25) is 4.79 Å². The summed E-state index contributed by atoms with van der Waals surface area (Å²) in [5, 5.41) is 10.4. The zero-order chi connectivity index (χ0) is 15.2. The van der Waals surface area contributed by atoms with Gasteiger partial charge in [-0.05, 0) is 68.6 Å². The van der Waals surface area contributed by atoms with Crippen LogP contribution in [0.2, 0.25) is 0 Å². The summed E-state index contributed by atoms with van der Waals surface area (Å²) in [7, 11) is 0. The van der Waals surface area contributed by atoms with Crippen LogP contribution in [0.1, 0.15) is 65.2 Å². The van der Waals surface area contributed by atoms with E-state index in [0.29, 0.717) is 36.4 Å².